The minimum Gasteiger partial charge on any atom is -0.478 e. The third-order valence-electron chi connectivity index (χ3n) is 4.33. The van der Waals surface area contributed by atoms with E-state index in [2.05, 4.69) is 5.10 Å². The topological polar surface area (TPSA) is 55.1 Å². The Balaban J connectivity index is 2.05. The van der Waals surface area contributed by atoms with Crippen molar-refractivity contribution >= 4 is 5.97 Å². The van der Waals surface area contributed by atoms with Crippen LogP contribution in [0.15, 0.2) is 54.6 Å². The van der Waals surface area contributed by atoms with E-state index in [0.29, 0.717) is 12.8 Å². The number of carboxylic acid groups (broad SMARTS) is 1. The Morgan fingerprint density at radius 2 is 1.67 bits per heavy atom. The van der Waals surface area contributed by atoms with Crippen LogP contribution in [0.25, 0.3) is 5.69 Å². The molecule has 0 fully saturated rings. The normalized spacial score (nSPS) is 11.6. The Bertz CT molecular complexity index is 963. The van der Waals surface area contributed by atoms with Gasteiger partial charge in [-0.1, -0.05) is 42.5 Å². The van der Waals surface area contributed by atoms with E-state index in [1.165, 1.54) is 25.1 Å². The minimum absolute atomic E-state index is 0.0529. The first-order valence-electron chi connectivity index (χ1n) is 8.31. The van der Waals surface area contributed by atoms with Gasteiger partial charge < -0.3 is 5.11 Å². The number of alkyl halides is 3. The van der Waals surface area contributed by atoms with Crippen LogP contribution in [-0.2, 0) is 19.0 Å². The highest BCUT2D eigenvalue weighted by Crippen LogP contribution is 2.34. The summed E-state index contributed by atoms with van der Waals surface area (Å²) in [4.78, 5) is 11.7. The van der Waals surface area contributed by atoms with Gasteiger partial charge in [0.15, 0.2) is 0 Å². The predicted molar refractivity (Wildman–Crippen MR) is 94.1 cm³/mol. The summed E-state index contributed by atoms with van der Waals surface area (Å²) in [7, 11) is 0. The summed E-state index contributed by atoms with van der Waals surface area (Å²) in [6.07, 6.45) is -3.71. The fourth-order valence-electron chi connectivity index (χ4n) is 3.05. The standard InChI is InChI=1S/C20H17F3N2O2/c1-13-18(19(26)27)16(12-11-14-7-3-2-4-8-14)24-25(13)17-10-6-5-9-15(17)20(21,22)23/h2-10H,11-12H2,1H3,(H,26,27). The van der Waals surface area contributed by atoms with E-state index in [0.717, 1.165) is 16.3 Å². The maximum atomic E-state index is 13.3. The zero-order valence-corrected chi connectivity index (χ0v) is 14.5. The summed E-state index contributed by atoms with van der Waals surface area (Å²) >= 11 is 0. The van der Waals surface area contributed by atoms with Crippen LogP contribution < -0.4 is 0 Å². The van der Waals surface area contributed by atoms with Crippen LogP contribution in [0.3, 0.4) is 0 Å². The molecular weight excluding hydrogens is 357 g/mol. The maximum Gasteiger partial charge on any atom is 0.418 e. The highest BCUT2D eigenvalue weighted by molar-refractivity contribution is 5.90. The predicted octanol–water partition coefficient (Wildman–Crippen LogP) is 4.68. The molecule has 1 heterocycles. The van der Waals surface area contributed by atoms with E-state index in [9.17, 15) is 23.1 Å². The largest absolute Gasteiger partial charge is 0.478 e. The molecule has 7 heteroatoms. The van der Waals surface area contributed by atoms with Gasteiger partial charge in [-0.25, -0.2) is 9.48 Å². The number of aromatic carboxylic acids is 1. The molecule has 3 aromatic rings. The molecule has 1 N–H and O–H groups in total. The van der Waals surface area contributed by atoms with Crippen molar-refractivity contribution in [2.75, 3.05) is 0 Å². The van der Waals surface area contributed by atoms with E-state index in [1.807, 2.05) is 30.3 Å². The zero-order valence-electron chi connectivity index (χ0n) is 14.5. The van der Waals surface area contributed by atoms with Crippen molar-refractivity contribution in [3.05, 3.63) is 82.7 Å². The third kappa shape index (κ3) is 3.86. The molecule has 0 aliphatic carbocycles. The summed E-state index contributed by atoms with van der Waals surface area (Å²) in [6.45, 7) is 1.47. The number of halogens is 3. The van der Waals surface area contributed by atoms with Gasteiger partial charge in [-0.05, 0) is 37.5 Å². The number of nitrogens with zero attached hydrogens (tertiary/aromatic N) is 2. The highest BCUT2D eigenvalue weighted by atomic mass is 19.4. The Hall–Kier alpha value is -3.09. The second-order valence-corrected chi connectivity index (χ2v) is 6.12. The van der Waals surface area contributed by atoms with Gasteiger partial charge in [0, 0.05) is 0 Å². The average Bonchev–Trinajstić information content (AvgIpc) is 2.96. The summed E-state index contributed by atoms with van der Waals surface area (Å²) in [5, 5.41) is 13.8. The van der Waals surface area contributed by atoms with Gasteiger partial charge in [0.2, 0.25) is 0 Å². The number of hydrogen-bond donors (Lipinski definition) is 1. The lowest BCUT2D eigenvalue weighted by Crippen LogP contribution is -2.12. The van der Waals surface area contributed by atoms with Crippen LogP contribution in [0.2, 0.25) is 0 Å². The molecule has 0 bridgehead atoms. The van der Waals surface area contributed by atoms with Crippen molar-refractivity contribution in [1.29, 1.82) is 0 Å². The SMILES string of the molecule is Cc1c(C(=O)O)c(CCc2ccccc2)nn1-c1ccccc1C(F)(F)F. The molecule has 0 spiro atoms. The summed E-state index contributed by atoms with van der Waals surface area (Å²) in [5.74, 6) is -1.20. The monoisotopic (exact) mass is 374 g/mol. The van der Waals surface area contributed by atoms with Crippen molar-refractivity contribution in [2.24, 2.45) is 0 Å². The number of hydrogen-bond acceptors (Lipinski definition) is 2. The van der Waals surface area contributed by atoms with Crippen molar-refractivity contribution in [2.45, 2.75) is 25.9 Å². The fraction of sp³-hybridized carbons (Fsp3) is 0.200. The van der Waals surface area contributed by atoms with Gasteiger partial charge in [-0.15, -0.1) is 0 Å². The molecule has 0 aliphatic heterocycles. The van der Waals surface area contributed by atoms with Gasteiger partial charge in [0.25, 0.3) is 0 Å². The first-order chi connectivity index (χ1) is 12.8. The van der Waals surface area contributed by atoms with Gasteiger partial charge in [-0.2, -0.15) is 18.3 Å². The molecule has 0 amide bonds. The lowest BCUT2D eigenvalue weighted by molar-refractivity contribution is -0.137. The van der Waals surface area contributed by atoms with Crippen molar-refractivity contribution < 1.29 is 23.1 Å². The molecule has 1 aromatic heterocycles. The molecule has 4 nitrogen and oxygen atoms in total. The van der Waals surface area contributed by atoms with Gasteiger partial charge in [0.05, 0.1) is 22.6 Å². The van der Waals surface area contributed by atoms with Crippen LogP contribution in [0, 0.1) is 6.92 Å². The van der Waals surface area contributed by atoms with Crippen molar-refractivity contribution in [1.82, 2.24) is 9.78 Å². The van der Waals surface area contributed by atoms with Gasteiger partial charge in [0.1, 0.15) is 5.56 Å². The molecule has 0 unspecified atom stereocenters. The number of aromatic nitrogens is 2. The summed E-state index contributed by atoms with van der Waals surface area (Å²) < 4.78 is 41.1. The van der Waals surface area contributed by atoms with Crippen LogP contribution in [0.5, 0.6) is 0 Å². The van der Waals surface area contributed by atoms with Gasteiger partial charge in [-0.3, -0.25) is 0 Å². The quantitative estimate of drug-likeness (QED) is 0.705. The lowest BCUT2D eigenvalue weighted by atomic mass is 10.0. The minimum atomic E-state index is -4.57. The third-order valence-corrected chi connectivity index (χ3v) is 4.33. The molecule has 27 heavy (non-hydrogen) atoms. The van der Waals surface area contributed by atoms with Gasteiger partial charge >= 0.3 is 12.1 Å². The molecule has 0 saturated carbocycles. The smallest absolute Gasteiger partial charge is 0.418 e. The first-order valence-corrected chi connectivity index (χ1v) is 8.31. The number of carbonyl (C=O) groups is 1. The highest BCUT2D eigenvalue weighted by Gasteiger charge is 2.35. The second kappa shape index (κ2) is 7.26. The molecule has 0 atom stereocenters. The molecule has 140 valence electrons. The van der Waals surface area contributed by atoms with Crippen molar-refractivity contribution in [3.8, 4) is 5.69 Å². The van der Waals surface area contributed by atoms with E-state index in [1.54, 1.807) is 0 Å². The second-order valence-electron chi connectivity index (χ2n) is 6.12. The van der Waals surface area contributed by atoms with E-state index >= 15 is 0 Å². The Labute approximate surface area is 153 Å². The Kier molecular flexibility index (Phi) is 5.03. The zero-order chi connectivity index (χ0) is 19.6. The molecular formula is C20H17F3N2O2. The number of rotatable bonds is 5. The molecule has 0 radical (unpaired) electrons. The summed E-state index contributed by atoms with van der Waals surface area (Å²) in [6, 6.07) is 14.4. The van der Waals surface area contributed by atoms with Crippen LogP contribution in [0.4, 0.5) is 13.2 Å². The molecule has 0 saturated heterocycles. The van der Waals surface area contributed by atoms with Crippen molar-refractivity contribution in [3.63, 3.8) is 0 Å². The first kappa shape index (κ1) is 18.7. The molecule has 2 aromatic carbocycles. The van der Waals surface area contributed by atoms with Crippen LogP contribution in [-0.4, -0.2) is 20.9 Å². The number of carboxylic acids is 1. The van der Waals surface area contributed by atoms with E-state index < -0.39 is 17.7 Å². The van der Waals surface area contributed by atoms with Crippen LogP contribution in [0.1, 0.15) is 32.9 Å². The summed E-state index contributed by atoms with van der Waals surface area (Å²) in [5.41, 5.74) is 0.334. The number of aryl methyl sites for hydroxylation is 2. The van der Waals surface area contributed by atoms with E-state index in [-0.39, 0.29) is 22.6 Å². The number of para-hydroxylation sites is 1. The maximum absolute atomic E-state index is 13.3. The average molecular weight is 374 g/mol. The number of benzene rings is 2. The fourth-order valence-corrected chi connectivity index (χ4v) is 3.05. The Morgan fingerprint density at radius 3 is 2.30 bits per heavy atom. The lowest BCUT2D eigenvalue weighted by Gasteiger charge is -2.13. The van der Waals surface area contributed by atoms with E-state index in [4.69, 9.17) is 0 Å². The molecule has 0 aliphatic rings. The Morgan fingerprint density at radius 1 is 1.04 bits per heavy atom. The molecule has 3 rings (SSSR count). The van der Waals surface area contributed by atoms with Crippen LogP contribution >= 0.6 is 0 Å².